The largest absolute Gasteiger partial charge is 0.384 e. The second-order valence-electron chi connectivity index (χ2n) is 13.5. The lowest BCUT2D eigenvalue weighted by molar-refractivity contribution is 0.122. The molecule has 2 fully saturated rings. The molecule has 8 heterocycles. The van der Waals surface area contributed by atoms with Gasteiger partial charge in [0.05, 0.1) is 67.3 Å². The van der Waals surface area contributed by atoms with E-state index in [9.17, 15) is 21.2 Å². The summed E-state index contributed by atoms with van der Waals surface area (Å²) in [6.07, 6.45) is 8.23. The van der Waals surface area contributed by atoms with Gasteiger partial charge in [0, 0.05) is 67.7 Å². The zero-order valence-electron chi connectivity index (χ0n) is 33.1. The SMILES string of the molecule is CS(=O)(=O)Nc1ncccc1-c1cc(-c2ccc(N)nc2)nc(N2CCOCC2)n1.CS(N)(=O)=O.Nc1ccc(-c2cc(-c3cccnc3F)nc(N3CCOCC3)n2)cn1. The number of sulfonamides is 2. The summed E-state index contributed by atoms with van der Waals surface area (Å²) in [7, 11) is -6.68. The van der Waals surface area contributed by atoms with Crippen molar-refractivity contribution in [2.24, 2.45) is 5.14 Å². The first kappa shape index (κ1) is 44.0. The molecule has 20 nitrogen and oxygen atoms in total. The minimum Gasteiger partial charge on any atom is -0.384 e. The van der Waals surface area contributed by atoms with E-state index in [-0.39, 0.29) is 5.82 Å². The lowest BCUT2D eigenvalue weighted by atomic mass is 10.1. The van der Waals surface area contributed by atoms with Gasteiger partial charge in [-0.1, -0.05) is 0 Å². The van der Waals surface area contributed by atoms with E-state index in [4.69, 9.17) is 30.9 Å². The van der Waals surface area contributed by atoms with Crippen molar-refractivity contribution in [1.29, 1.82) is 0 Å². The molecule has 0 bridgehead atoms. The van der Waals surface area contributed by atoms with Gasteiger partial charge in [0.1, 0.15) is 17.5 Å². The topological polar surface area (TPSA) is 286 Å². The number of pyridine rings is 4. The number of nitrogens with one attached hydrogen (secondary N) is 1. The lowest BCUT2D eigenvalue weighted by Crippen LogP contribution is -2.37. The molecule has 61 heavy (non-hydrogen) atoms. The predicted octanol–water partition coefficient (Wildman–Crippen LogP) is 2.45. The highest BCUT2D eigenvalue weighted by molar-refractivity contribution is 7.92. The normalized spacial score (nSPS) is 14.2. The average molecular weight is 875 g/mol. The molecule has 0 aromatic carbocycles. The second-order valence-corrected chi connectivity index (χ2v) is 16.9. The maximum atomic E-state index is 14.2. The zero-order valence-corrected chi connectivity index (χ0v) is 34.7. The fraction of sp³-hybridized carbons (Fsp3) is 0.263. The van der Waals surface area contributed by atoms with Crippen LogP contribution in [0.2, 0.25) is 0 Å². The quantitative estimate of drug-likeness (QED) is 0.160. The number of nitrogen functional groups attached to an aromatic ring is 2. The summed E-state index contributed by atoms with van der Waals surface area (Å²) < 4.78 is 69.9. The van der Waals surface area contributed by atoms with E-state index in [2.05, 4.69) is 39.8 Å². The molecule has 320 valence electrons. The Balaban J connectivity index is 0.000000185. The number of hydrogen-bond donors (Lipinski definition) is 4. The molecule has 2 saturated heterocycles. The van der Waals surface area contributed by atoms with Crippen molar-refractivity contribution in [3.05, 3.63) is 91.4 Å². The summed E-state index contributed by atoms with van der Waals surface area (Å²) in [5, 5.41) is 4.33. The van der Waals surface area contributed by atoms with E-state index in [1.165, 1.54) is 12.4 Å². The number of nitrogens with two attached hydrogens (primary N) is 3. The van der Waals surface area contributed by atoms with Crippen LogP contribution in [0.5, 0.6) is 0 Å². The Hall–Kier alpha value is -6.53. The van der Waals surface area contributed by atoms with Crippen molar-refractivity contribution in [2.45, 2.75) is 0 Å². The van der Waals surface area contributed by atoms with Gasteiger partial charge in [-0.2, -0.15) is 4.39 Å². The Morgan fingerprint density at radius 2 is 1.05 bits per heavy atom. The smallest absolute Gasteiger partial charge is 0.230 e. The van der Waals surface area contributed by atoms with E-state index in [1.807, 2.05) is 21.9 Å². The van der Waals surface area contributed by atoms with Gasteiger partial charge in [-0.3, -0.25) is 4.72 Å². The molecule has 6 aromatic rings. The van der Waals surface area contributed by atoms with Crippen LogP contribution in [0.15, 0.2) is 85.5 Å². The monoisotopic (exact) mass is 874 g/mol. The summed E-state index contributed by atoms with van der Waals surface area (Å²) in [5.41, 5.74) is 16.1. The Labute approximate surface area is 351 Å². The Bertz CT molecular complexity index is 2640. The summed E-state index contributed by atoms with van der Waals surface area (Å²) >= 11 is 0. The number of rotatable bonds is 8. The molecular formula is C38H43FN14O6S2. The highest BCUT2D eigenvalue weighted by Gasteiger charge is 2.21. The standard InChI is InChI=1S/C19H21N7O3S.C18H17FN6O.CH5NO2S/c1-30(27,28)25-18-14(3-2-6-21-18)16-11-15(13-4-5-17(20)22-12-13)23-19(24-16)26-7-9-29-10-8-26;19-17-13(2-1-5-21-17)15-10-14(12-3-4-16(20)22-11-12)23-18(24-15)25-6-8-26-9-7-25;1-5(2,3)4/h2-6,11-12H,7-10H2,1H3,(H2,20,22)(H,21,25);1-5,10-11H,6-9H2,(H2,20,22);1H3,(H2,2,3,4). The zero-order chi connectivity index (χ0) is 43.6. The molecule has 8 rings (SSSR count). The van der Waals surface area contributed by atoms with E-state index in [0.29, 0.717) is 110 Å². The van der Waals surface area contributed by atoms with Crippen molar-refractivity contribution in [3.8, 4) is 45.0 Å². The van der Waals surface area contributed by atoms with E-state index < -0.39 is 26.0 Å². The van der Waals surface area contributed by atoms with Gasteiger partial charge in [-0.15, -0.1) is 0 Å². The number of ether oxygens (including phenoxy) is 2. The average Bonchev–Trinajstić information content (AvgIpc) is 3.24. The number of halogens is 1. The highest BCUT2D eigenvalue weighted by atomic mass is 32.2. The molecule has 23 heteroatoms. The Kier molecular flexibility index (Phi) is 14.2. The first-order chi connectivity index (χ1) is 29.1. The van der Waals surface area contributed by atoms with E-state index >= 15 is 0 Å². The third-order valence-corrected chi connectivity index (χ3v) is 9.15. The van der Waals surface area contributed by atoms with Crippen molar-refractivity contribution in [1.82, 2.24) is 39.9 Å². The van der Waals surface area contributed by atoms with Gasteiger partial charge in [0.15, 0.2) is 0 Å². The van der Waals surface area contributed by atoms with Crippen LogP contribution in [0.25, 0.3) is 45.0 Å². The second kappa shape index (κ2) is 19.7. The molecule has 2 aliphatic heterocycles. The van der Waals surface area contributed by atoms with Crippen molar-refractivity contribution in [3.63, 3.8) is 0 Å². The fourth-order valence-corrected chi connectivity index (χ4v) is 6.32. The third kappa shape index (κ3) is 13.0. The molecule has 0 atom stereocenters. The van der Waals surface area contributed by atoms with Crippen molar-refractivity contribution in [2.75, 3.05) is 91.1 Å². The summed E-state index contributed by atoms with van der Waals surface area (Å²) in [6.45, 7) is 5.05. The lowest BCUT2D eigenvalue weighted by Gasteiger charge is -2.27. The van der Waals surface area contributed by atoms with Crippen LogP contribution < -0.4 is 31.1 Å². The predicted molar refractivity (Wildman–Crippen MR) is 229 cm³/mol. The van der Waals surface area contributed by atoms with Crippen molar-refractivity contribution < 1.29 is 30.7 Å². The molecule has 0 spiro atoms. The first-order valence-corrected chi connectivity index (χ1v) is 22.3. The number of primary sulfonamides is 1. The van der Waals surface area contributed by atoms with Crippen LogP contribution in [-0.2, 0) is 29.5 Å². The molecule has 0 aliphatic carbocycles. The molecular weight excluding hydrogens is 832 g/mol. The van der Waals surface area contributed by atoms with Crippen LogP contribution in [0.1, 0.15) is 0 Å². The molecule has 7 N–H and O–H groups in total. The van der Waals surface area contributed by atoms with Gasteiger partial charge >= 0.3 is 0 Å². The van der Waals surface area contributed by atoms with Gasteiger partial charge in [-0.05, 0) is 60.7 Å². The van der Waals surface area contributed by atoms with Crippen LogP contribution in [0, 0.1) is 5.95 Å². The summed E-state index contributed by atoms with van der Waals surface area (Å²) in [6, 6.07) is 17.4. The van der Waals surface area contributed by atoms with E-state index in [0.717, 1.165) is 23.6 Å². The van der Waals surface area contributed by atoms with Crippen LogP contribution in [0.4, 0.5) is 33.7 Å². The highest BCUT2D eigenvalue weighted by Crippen LogP contribution is 2.31. The fourth-order valence-electron chi connectivity index (χ4n) is 5.81. The minimum absolute atomic E-state index is 0.202. The summed E-state index contributed by atoms with van der Waals surface area (Å²) in [4.78, 5) is 38.8. The maximum absolute atomic E-state index is 14.2. The third-order valence-electron chi connectivity index (χ3n) is 8.58. The molecule has 0 radical (unpaired) electrons. The molecule has 0 saturated carbocycles. The molecule has 2 aliphatic rings. The van der Waals surface area contributed by atoms with E-state index in [1.54, 1.807) is 60.9 Å². The summed E-state index contributed by atoms with van der Waals surface area (Å²) in [5.74, 6) is 1.52. The van der Waals surface area contributed by atoms with Crippen LogP contribution in [-0.4, -0.2) is 122 Å². The number of anilines is 5. The maximum Gasteiger partial charge on any atom is 0.230 e. The number of hydrogen-bond acceptors (Lipinski definition) is 18. The first-order valence-electron chi connectivity index (χ1n) is 18.5. The Morgan fingerprint density at radius 1 is 0.623 bits per heavy atom. The van der Waals surface area contributed by atoms with Gasteiger partial charge in [-0.25, -0.2) is 61.8 Å². The Morgan fingerprint density at radius 3 is 1.48 bits per heavy atom. The van der Waals surface area contributed by atoms with Crippen molar-refractivity contribution >= 4 is 49.4 Å². The van der Waals surface area contributed by atoms with Gasteiger partial charge in [0.25, 0.3) is 0 Å². The van der Waals surface area contributed by atoms with Crippen LogP contribution >= 0.6 is 0 Å². The minimum atomic E-state index is -3.51. The van der Waals surface area contributed by atoms with Gasteiger partial charge < -0.3 is 30.7 Å². The number of aromatic nitrogens is 8. The molecule has 0 unspecified atom stereocenters. The molecule has 0 amide bonds. The van der Waals surface area contributed by atoms with Crippen LogP contribution in [0.3, 0.4) is 0 Å². The number of morpholine rings is 2. The van der Waals surface area contributed by atoms with Gasteiger partial charge in [0.2, 0.25) is 37.9 Å². The number of nitrogens with zero attached hydrogens (tertiary/aromatic N) is 10. The molecule has 6 aromatic heterocycles.